The Labute approximate surface area is 116 Å². The Morgan fingerprint density at radius 1 is 1.50 bits per heavy atom. The summed E-state index contributed by atoms with van der Waals surface area (Å²) in [6.45, 7) is 3.83. The van der Waals surface area contributed by atoms with Gasteiger partial charge >= 0.3 is 5.97 Å². The molecule has 1 amide bonds. The molecule has 7 nitrogen and oxygen atoms in total. The fourth-order valence-corrected chi connectivity index (χ4v) is 2.54. The lowest BCUT2D eigenvalue weighted by Gasteiger charge is -2.22. The van der Waals surface area contributed by atoms with Crippen molar-refractivity contribution in [1.29, 1.82) is 0 Å². The summed E-state index contributed by atoms with van der Waals surface area (Å²) < 4.78 is 4.68. The lowest BCUT2D eigenvalue weighted by Crippen LogP contribution is -2.42. The molecule has 20 heavy (non-hydrogen) atoms. The summed E-state index contributed by atoms with van der Waals surface area (Å²) in [6, 6.07) is -0.699. The van der Waals surface area contributed by atoms with Crippen LogP contribution in [0.4, 0.5) is 0 Å². The van der Waals surface area contributed by atoms with Crippen molar-refractivity contribution in [2.45, 2.75) is 38.8 Å². The zero-order valence-corrected chi connectivity index (χ0v) is 11.8. The van der Waals surface area contributed by atoms with E-state index in [4.69, 9.17) is 0 Å². The summed E-state index contributed by atoms with van der Waals surface area (Å²) in [7, 11) is 1.28. The molecule has 0 radical (unpaired) electrons. The fourth-order valence-electron chi connectivity index (χ4n) is 2.54. The Morgan fingerprint density at radius 3 is 2.75 bits per heavy atom. The van der Waals surface area contributed by atoms with Gasteiger partial charge in [-0.15, -0.1) is 0 Å². The van der Waals surface area contributed by atoms with Crippen molar-refractivity contribution in [3.63, 3.8) is 0 Å². The predicted molar refractivity (Wildman–Crippen MR) is 69.9 cm³/mol. The van der Waals surface area contributed by atoms with Gasteiger partial charge in [0.25, 0.3) is 0 Å². The minimum Gasteiger partial charge on any atom is -0.467 e. The molecule has 2 heterocycles. The first-order valence-electron chi connectivity index (χ1n) is 6.49. The molecule has 0 aromatic carbocycles. The molecule has 7 heteroatoms. The number of hydrogen-bond acceptors (Lipinski definition) is 5. The Kier molecular flexibility index (Phi) is 4.08. The standard InChI is InChI=1S/C13H19N3O4/c1-7-10(8(2)15-14-7)5-12(18)16-6-9(17)4-11(16)13(19)20-3/h9,11,17H,4-6H2,1-3H3,(H,14,15). The highest BCUT2D eigenvalue weighted by molar-refractivity contribution is 5.86. The maximum Gasteiger partial charge on any atom is 0.328 e. The largest absolute Gasteiger partial charge is 0.467 e. The number of aliphatic hydroxyl groups excluding tert-OH is 1. The van der Waals surface area contributed by atoms with E-state index in [-0.39, 0.29) is 25.3 Å². The van der Waals surface area contributed by atoms with Crippen LogP contribution in [-0.4, -0.2) is 57.9 Å². The van der Waals surface area contributed by atoms with Crippen molar-refractivity contribution in [3.05, 3.63) is 17.0 Å². The summed E-state index contributed by atoms with van der Waals surface area (Å²) in [5, 5.41) is 16.5. The van der Waals surface area contributed by atoms with Crippen LogP contribution < -0.4 is 0 Å². The first kappa shape index (κ1) is 14.5. The molecule has 2 atom stereocenters. The SMILES string of the molecule is COC(=O)C1CC(O)CN1C(=O)Cc1c(C)n[nH]c1C. The van der Waals surface area contributed by atoms with E-state index in [0.29, 0.717) is 0 Å². The molecule has 1 aliphatic heterocycles. The highest BCUT2D eigenvalue weighted by Crippen LogP contribution is 2.21. The number of amides is 1. The van der Waals surface area contributed by atoms with Crippen molar-refractivity contribution in [2.24, 2.45) is 0 Å². The average molecular weight is 281 g/mol. The van der Waals surface area contributed by atoms with Crippen LogP contribution >= 0.6 is 0 Å². The van der Waals surface area contributed by atoms with E-state index < -0.39 is 18.1 Å². The number of β-amino-alcohol motifs (C(OH)–C–C–N with tert-alkyl or cyclic N) is 1. The normalized spacial score (nSPS) is 22.1. The van der Waals surface area contributed by atoms with Gasteiger partial charge in [-0.05, 0) is 13.8 Å². The van der Waals surface area contributed by atoms with Gasteiger partial charge in [0, 0.05) is 24.2 Å². The summed E-state index contributed by atoms with van der Waals surface area (Å²) in [6.07, 6.45) is -0.300. The molecule has 0 saturated carbocycles. The third-order valence-electron chi connectivity index (χ3n) is 3.68. The number of H-pyrrole nitrogens is 1. The monoisotopic (exact) mass is 281 g/mol. The molecular formula is C13H19N3O4. The number of nitrogens with one attached hydrogen (secondary N) is 1. The molecule has 0 aliphatic carbocycles. The molecule has 110 valence electrons. The first-order valence-corrected chi connectivity index (χ1v) is 6.49. The van der Waals surface area contributed by atoms with E-state index >= 15 is 0 Å². The van der Waals surface area contributed by atoms with Gasteiger partial charge in [-0.1, -0.05) is 0 Å². The van der Waals surface area contributed by atoms with E-state index in [1.54, 1.807) is 0 Å². The average Bonchev–Trinajstić information content (AvgIpc) is 2.95. The molecule has 1 fully saturated rings. The number of aryl methyl sites for hydroxylation is 2. The second-order valence-electron chi connectivity index (χ2n) is 5.06. The maximum atomic E-state index is 12.4. The third kappa shape index (κ3) is 2.67. The van der Waals surface area contributed by atoms with Crippen molar-refractivity contribution >= 4 is 11.9 Å². The fraction of sp³-hybridized carbons (Fsp3) is 0.615. The van der Waals surface area contributed by atoms with Gasteiger partial charge in [-0.2, -0.15) is 5.10 Å². The number of aromatic amines is 1. The number of rotatable bonds is 3. The number of esters is 1. The molecular weight excluding hydrogens is 262 g/mol. The lowest BCUT2D eigenvalue weighted by molar-refractivity contribution is -0.150. The quantitative estimate of drug-likeness (QED) is 0.742. The molecule has 1 saturated heterocycles. The lowest BCUT2D eigenvalue weighted by atomic mass is 10.1. The van der Waals surface area contributed by atoms with Gasteiger partial charge in [-0.3, -0.25) is 9.89 Å². The molecule has 1 aromatic heterocycles. The number of ether oxygens (including phenoxy) is 1. The van der Waals surface area contributed by atoms with Crippen LogP contribution in [0.5, 0.6) is 0 Å². The topological polar surface area (TPSA) is 95.5 Å². The summed E-state index contributed by atoms with van der Waals surface area (Å²) >= 11 is 0. The van der Waals surface area contributed by atoms with Crippen LogP contribution in [0.15, 0.2) is 0 Å². The van der Waals surface area contributed by atoms with Crippen molar-refractivity contribution in [3.8, 4) is 0 Å². The zero-order chi connectivity index (χ0) is 14.9. The second kappa shape index (κ2) is 5.62. The third-order valence-corrected chi connectivity index (χ3v) is 3.68. The van der Waals surface area contributed by atoms with Crippen LogP contribution in [0.1, 0.15) is 23.4 Å². The summed E-state index contributed by atoms with van der Waals surface area (Å²) in [5.74, 6) is -0.694. The van der Waals surface area contributed by atoms with Crippen LogP contribution in [0.2, 0.25) is 0 Å². The van der Waals surface area contributed by atoms with Gasteiger partial charge in [0.1, 0.15) is 6.04 Å². The second-order valence-corrected chi connectivity index (χ2v) is 5.06. The number of nitrogens with zero attached hydrogens (tertiary/aromatic N) is 2. The minimum absolute atomic E-state index is 0.161. The number of hydrogen-bond donors (Lipinski definition) is 2. The van der Waals surface area contributed by atoms with Crippen LogP contribution in [0.3, 0.4) is 0 Å². The van der Waals surface area contributed by atoms with Gasteiger partial charge in [0.05, 0.1) is 25.3 Å². The highest BCUT2D eigenvalue weighted by Gasteiger charge is 2.39. The van der Waals surface area contributed by atoms with Crippen LogP contribution in [0, 0.1) is 13.8 Å². The molecule has 2 N–H and O–H groups in total. The van der Waals surface area contributed by atoms with E-state index in [0.717, 1.165) is 17.0 Å². The van der Waals surface area contributed by atoms with E-state index in [1.807, 2.05) is 13.8 Å². The highest BCUT2D eigenvalue weighted by atomic mass is 16.5. The van der Waals surface area contributed by atoms with E-state index in [1.165, 1.54) is 12.0 Å². The Morgan fingerprint density at radius 2 is 2.20 bits per heavy atom. The molecule has 0 spiro atoms. The summed E-state index contributed by atoms with van der Waals surface area (Å²) in [4.78, 5) is 25.4. The van der Waals surface area contributed by atoms with E-state index in [2.05, 4.69) is 14.9 Å². The van der Waals surface area contributed by atoms with Crippen molar-refractivity contribution in [2.75, 3.05) is 13.7 Å². The number of aliphatic hydroxyl groups is 1. The minimum atomic E-state index is -0.699. The number of carbonyl (C=O) groups is 2. The van der Waals surface area contributed by atoms with Crippen molar-refractivity contribution < 1.29 is 19.4 Å². The van der Waals surface area contributed by atoms with Crippen LogP contribution in [0.25, 0.3) is 0 Å². The molecule has 0 bridgehead atoms. The number of methoxy groups -OCH3 is 1. The molecule has 1 aliphatic rings. The molecule has 2 unspecified atom stereocenters. The molecule has 2 rings (SSSR count). The van der Waals surface area contributed by atoms with Gasteiger partial charge in [0.2, 0.25) is 5.91 Å². The predicted octanol–water partition coefficient (Wildman–Crippen LogP) is -0.296. The van der Waals surface area contributed by atoms with Crippen molar-refractivity contribution in [1.82, 2.24) is 15.1 Å². The van der Waals surface area contributed by atoms with E-state index in [9.17, 15) is 14.7 Å². The smallest absolute Gasteiger partial charge is 0.328 e. The number of aromatic nitrogens is 2. The van der Waals surface area contributed by atoms with Gasteiger partial charge < -0.3 is 14.7 Å². The Bertz CT molecular complexity index is 506. The number of carbonyl (C=O) groups excluding carboxylic acids is 2. The van der Waals surface area contributed by atoms with Gasteiger partial charge in [-0.25, -0.2) is 4.79 Å². The summed E-state index contributed by atoms with van der Waals surface area (Å²) in [5.41, 5.74) is 2.44. The van der Waals surface area contributed by atoms with Gasteiger partial charge in [0.15, 0.2) is 0 Å². The number of likely N-dealkylation sites (tertiary alicyclic amines) is 1. The first-order chi connectivity index (χ1) is 9.43. The Balaban J connectivity index is 2.13. The molecule has 1 aromatic rings. The van der Waals surface area contributed by atoms with Crippen LogP contribution in [-0.2, 0) is 20.7 Å². The Hall–Kier alpha value is -1.89. The zero-order valence-electron chi connectivity index (χ0n) is 11.8. The maximum absolute atomic E-state index is 12.4.